The maximum absolute atomic E-state index is 12.2. The molecule has 130 valence electrons. The molecule has 0 fully saturated rings. The number of carbonyl (C=O) groups excluding carboxylic acids is 2. The number of nitrogens with two attached hydrogens (primary N) is 1. The summed E-state index contributed by atoms with van der Waals surface area (Å²) in [5, 5.41) is 3.17. The fraction of sp³-hybridized carbons (Fsp3) is 0.150. The van der Waals surface area contributed by atoms with Crippen molar-refractivity contribution in [1.29, 1.82) is 0 Å². The highest BCUT2D eigenvalue weighted by atomic mass is 16.2. The molecule has 0 unspecified atom stereocenters. The molecule has 0 saturated heterocycles. The molecular formula is C20H18N4O2. The van der Waals surface area contributed by atoms with Gasteiger partial charge in [0.25, 0.3) is 11.8 Å². The zero-order chi connectivity index (χ0) is 18.1. The Hall–Kier alpha value is -3.41. The zero-order valence-corrected chi connectivity index (χ0v) is 14.1. The summed E-state index contributed by atoms with van der Waals surface area (Å²) in [7, 11) is 0. The first-order valence-electron chi connectivity index (χ1n) is 8.47. The Bertz CT molecular complexity index is 1030. The van der Waals surface area contributed by atoms with Gasteiger partial charge in [-0.1, -0.05) is 24.3 Å². The third-order valence-corrected chi connectivity index (χ3v) is 4.61. The molecule has 0 bridgehead atoms. The van der Waals surface area contributed by atoms with Crippen molar-refractivity contribution in [2.75, 3.05) is 0 Å². The largest absolute Gasteiger partial charge is 0.394 e. The van der Waals surface area contributed by atoms with E-state index in [0.29, 0.717) is 5.56 Å². The van der Waals surface area contributed by atoms with Crippen molar-refractivity contribution < 1.29 is 9.59 Å². The maximum atomic E-state index is 12.2. The summed E-state index contributed by atoms with van der Waals surface area (Å²) in [6, 6.07) is 11.8. The molecule has 6 heteroatoms. The van der Waals surface area contributed by atoms with E-state index in [1.165, 1.54) is 5.56 Å². The first-order chi connectivity index (χ1) is 12.6. The number of aryl methyl sites for hydroxylation is 2. The second-order valence-corrected chi connectivity index (χ2v) is 6.29. The second-order valence-electron chi connectivity index (χ2n) is 6.29. The minimum absolute atomic E-state index is 0.0201. The van der Waals surface area contributed by atoms with Crippen molar-refractivity contribution in [1.82, 2.24) is 14.9 Å². The fourth-order valence-electron chi connectivity index (χ4n) is 3.37. The Labute approximate surface area is 150 Å². The Balaban J connectivity index is 1.67. The molecule has 1 aromatic carbocycles. The second kappa shape index (κ2) is 6.48. The summed E-state index contributed by atoms with van der Waals surface area (Å²) in [5.41, 5.74) is 9.00. The predicted octanol–water partition coefficient (Wildman–Crippen LogP) is 2.00. The van der Waals surface area contributed by atoms with Gasteiger partial charge in [-0.3, -0.25) is 19.9 Å². The third kappa shape index (κ3) is 2.75. The average molecular weight is 346 g/mol. The van der Waals surface area contributed by atoms with Gasteiger partial charge in [0.15, 0.2) is 0 Å². The lowest BCUT2D eigenvalue weighted by atomic mass is 10.0. The van der Waals surface area contributed by atoms with Gasteiger partial charge < -0.3 is 10.3 Å². The van der Waals surface area contributed by atoms with Crippen molar-refractivity contribution in [2.45, 2.75) is 19.4 Å². The minimum Gasteiger partial charge on any atom is -0.394 e. The maximum Gasteiger partial charge on any atom is 0.274 e. The van der Waals surface area contributed by atoms with Crippen LogP contribution >= 0.6 is 0 Å². The van der Waals surface area contributed by atoms with E-state index in [1.54, 1.807) is 6.20 Å². The van der Waals surface area contributed by atoms with Crippen LogP contribution in [-0.2, 0) is 22.6 Å². The van der Waals surface area contributed by atoms with Gasteiger partial charge in [0.2, 0.25) is 0 Å². The van der Waals surface area contributed by atoms with E-state index in [2.05, 4.69) is 20.9 Å². The van der Waals surface area contributed by atoms with E-state index in [0.717, 1.165) is 30.3 Å². The number of fused-ring (bicyclic) bond motifs is 1. The Kier molecular flexibility index (Phi) is 4.01. The van der Waals surface area contributed by atoms with Gasteiger partial charge in [-0.25, -0.2) is 0 Å². The molecule has 4 rings (SSSR count). The summed E-state index contributed by atoms with van der Waals surface area (Å²) >= 11 is 0. The van der Waals surface area contributed by atoms with Crippen LogP contribution in [0.3, 0.4) is 0 Å². The molecule has 0 spiro atoms. The van der Waals surface area contributed by atoms with Crippen LogP contribution in [-0.4, -0.2) is 21.4 Å². The summed E-state index contributed by atoms with van der Waals surface area (Å²) in [4.78, 5) is 28.0. The van der Waals surface area contributed by atoms with Crippen LogP contribution < -0.4 is 11.1 Å². The number of hydrogen-bond donors (Lipinski definition) is 2. The number of pyridine rings is 1. The fourth-order valence-corrected chi connectivity index (χ4v) is 3.37. The third-order valence-electron chi connectivity index (χ3n) is 4.61. The molecule has 1 aliphatic heterocycles. The van der Waals surface area contributed by atoms with Gasteiger partial charge in [-0.05, 0) is 30.5 Å². The number of amides is 2. The van der Waals surface area contributed by atoms with Gasteiger partial charge in [-0.2, -0.15) is 0 Å². The highest BCUT2D eigenvalue weighted by molar-refractivity contribution is 6.37. The quantitative estimate of drug-likeness (QED) is 0.692. The van der Waals surface area contributed by atoms with E-state index < -0.39 is 11.8 Å². The molecule has 6 nitrogen and oxygen atoms in total. The molecule has 2 amide bonds. The van der Waals surface area contributed by atoms with E-state index in [9.17, 15) is 9.59 Å². The SMILES string of the molecule is NC1=C(c2cn(CCCc3cccnc3)c3ccccc23)C(=O)NC1=O. The van der Waals surface area contributed by atoms with E-state index >= 15 is 0 Å². The number of hydrogen-bond acceptors (Lipinski definition) is 4. The molecule has 0 atom stereocenters. The topological polar surface area (TPSA) is 90.0 Å². The normalized spacial score (nSPS) is 14.3. The molecule has 2 aromatic heterocycles. The molecular weight excluding hydrogens is 328 g/mol. The van der Waals surface area contributed by atoms with E-state index in [-0.39, 0.29) is 11.3 Å². The molecule has 3 N–H and O–H groups in total. The zero-order valence-electron chi connectivity index (χ0n) is 14.1. The van der Waals surface area contributed by atoms with Gasteiger partial charge in [0.05, 0.1) is 5.57 Å². The molecule has 0 aliphatic carbocycles. The predicted molar refractivity (Wildman–Crippen MR) is 98.8 cm³/mol. The van der Waals surface area contributed by atoms with Crippen LogP contribution in [0.4, 0.5) is 0 Å². The average Bonchev–Trinajstić information content (AvgIpc) is 3.13. The number of nitrogens with one attached hydrogen (secondary N) is 1. The van der Waals surface area contributed by atoms with Gasteiger partial charge in [0, 0.05) is 41.6 Å². The first kappa shape index (κ1) is 16.1. The van der Waals surface area contributed by atoms with Crippen LogP contribution in [0.1, 0.15) is 17.5 Å². The smallest absolute Gasteiger partial charge is 0.274 e. The van der Waals surface area contributed by atoms with Crippen LogP contribution in [0.15, 0.2) is 60.7 Å². The van der Waals surface area contributed by atoms with Crippen LogP contribution in [0, 0.1) is 0 Å². The van der Waals surface area contributed by atoms with Crippen molar-refractivity contribution in [3.05, 3.63) is 71.8 Å². The van der Waals surface area contributed by atoms with Crippen LogP contribution in [0.5, 0.6) is 0 Å². The Morgan fingerprint density at radius 3 is 2.65 bits per heavy atom. The number of aromatic nitrogens is 2. The Morgan fingerprint density at radius 2 is 1.92 bits per heavy atom. The van der Waals surface area contributed by atoms with Gasteiger partial charge >= 0.3 is 0 Å². The number of nitrogens with zero attached hydrogens (tertiary/aromatic N) is 2. The monoisotopic (exact) mass is 346 g/mol. The van der Waals surface area contributed by atoms with E-state index in [1.807, 2.05) is 42.7 Å². The molecule has 1 aliphatic rings. The van der Waals surface area contributed by atoms with Crippen molar-refractivity contribution in [2.24, 2.45) is 5.73 Å². The summed E-state index contributed by atoms with van der Waals surface area (Å²) in [6.07, 6.45) is 7.40. The van der Waals surface area contributed by atoms with Crippen LogP contribution in [0.2, 0.25) is 0 Å². The minimum atomic E-state index is -0.529. The molecule has 0 saturated carbocycles. The van der Waals surface area contributed by atoms with Crippen LogP contribution in [0.25, 0.3) is 16.5 Å². The number of carbonyl (C=O) groups is 2. The Morgan fingerprint density at radius 1 is 1.08 bits per heavy atom. The summed E-state index contributed by atoms with van der Waals surface area (Å²) in [6.45, 7) is 0.790. The van der Waals surface area contributed by atoms with E-state index in [4.69, 9.17) is 5.73 Å². The summed E-state index contributed by atoms with van der Waals surface area (Å²) < 4.78 is 2.11. The van der Waals surface area contributed by atoms with Crippen molar-refractivity contribution in [3.63, 3.8) is 0 Å². The summed E-state index contributed by atoms with van der Waals surface area (Å²) in [5.74, 6) is -0.968. The van der Waals surface area contributed by atoms with Crippen molar-refractivity contribution in [3.8, 4) is 0 Å². The van der Waals surface area contributed by atoms with Gasteiger partial charge in [-0.15, -0.1) is 0 Å². The number of imide groups is 1. The lowest BCUT2D eigenvalue weighted by molar-refractivity contribution is -0.123. The standard InChI is InChI=1S/C20H18N4O2/c21-18-17(19(25)23-20(18)26)15-12-24(16-8-2-1-7-14(15)16)10-4-6-13-5-3-9-22-11-13/h1-3,5,7-9,11-12H,4,6,10H2,(H3,21,23,25,26). The van der Waals surface area contributed by atoms with Crippen molar-refractivity contribution >= 4 is 28.3 Å². The number of para-hydroxylation sites is 1. The lowest BCUT2D eigenvalue weighted by Gasteiger charge is -2.05. The molecule has 3 heterocycles. The highest BCUT2D eigenvalue weighted by Gasteiger charge is 2.31. The lowest BCUT2D eigenvalue weighted by Crippen LogP contribution is -2.24. The number of benzene rings is 1. The van der Waals surface area contributed by atoms with Gasteiger partial charge in [0.1, 0.15) is 5.70 Å². The highest BCUT2D eigenvalue weighted by Crippen LogP contribution is 2.30. The molecule has 26 heavy (non-hydrogen) atoms. The first-order valence-corrected chi connectivity index (χ1v) is 8.47. The number of rotatable bonds is 5. The molecule has 3 aromatic rings. The molecule has 0 radical (unpaired) electrons.